The molecule has 2 fully saturated rings. The number of carbonyl (C=O) groups excluding carboxylic acids is 1. The Kier molecular flexibility index (Phi) is 6.45. The fraction of sp³-hybridized carbons (Fsp3) is 0.650. The van der Waals surface area contributed by atoms with Crippen LogP contribution in [0.25, 0.3) is 0 Å². The van der Waals surface area contributed by atoms with Gasteiger partial charge in [0.2, 0.25) is 5.91 Å². The van der Waals surface area contributed by atoms with E-state index < -0.39 is 0 Å². The van der Waals surface area contributed by atoms with E-state index in [9.17, 15) is 9.90 Å². The number of amides is 1. The predicted octanol–water partition coefficient (Wildman–Crippen LogP) is 2.11. The van der Waals surface area contributed by atoms with E-state index in [2.05, 4.69) is 28.1 Å². The lowest BCUT2D eigenvalue weighted by molar-refractivity contribution is -0.118. The Morgan fingerprint density at radius 2 is 1.88 bits per heavy atom. The molecule has 2 unspecified atom stereocenters. The summed E-state index contributed by atoms with van der Waals surface area (Å²) in [6.45, 7) is 6.22. The summed E-state index contributed by atoms with van der Waals surface area (Å²) in [5.41, 5.74) is 2.10. The molecule has 0 spiro atoms. The van der Waals surface area contributed by atoms with Gasteiger partial charge in [-0.05, 0) is 30.9 Å². The molecule has 138 valence electrons. The van der Waals surface area contributed by atoms with Gasteiger partial charge in [0.05, 0.1) is 12.6 Å². The summed E-state index contributed by atoms with van der Waals surface area (Å²) in [7, 11) is 0. The first-order chi connectivity index (χ1) is 12.2. The van der Waals surface area contributed by atoms with Crippen molar-refractivity contribution in [3.8, 4) is 0 Å². The average molecular weight is 345 g/mol. The zero-order valence-electron chi connectivity index (χ0n) is 15.3. The SMILES string of the molecule is CCc1ccccc1NC(=O)CN1CCN(C2CCCCC2O)CC1. The van der Waals surface area contributed by atoms with Crippen molar-refractivity contribution in [2.45, 2.75) is 51.2 Å². The van der Waals surface area contributed by atoms with Gasteiger partial charge in [-0.1, -0.05) is 38.0 Å². The second-order valence-corrected chi connectivity index (χ2v) is 7.29. The quantitative estimate of drug-likeness (QED) is 0.858. The molecule has 2 N–H and O–H groups in total. The lowest BCUT2D eigenvalue weighted by Crippen LogP contribution is -2.55. The number of hydrogen-bond acceptors (Lipinski definition) is 4. The van der Waals surface area contributed by atoms with Gasteiger partial charge in [0.15, 0.2) is 0 Å². The fourth-order valence-corrected chi connectivity index (χ4v) is 4.11. The zero-order chi connectivity index (χ0) is 17.6. The first-order valence-electron chi connectivity index (χ1n) is 9.69. The first-order valence-corrected chi connectivity index (χ1v) is 9.69. The molecule has 0 aromatic heterocycles. The monoisotopic (exact) mass is 345 g/mol. The molecule has 5 nitrogen and oxygen atoms in total. The van der Waals surface area contributed by atoms with Gasteiger partial charge in [-0.3, -0.25) is 14.6 Å². The number of benzene rings is 1. The first kappa shape index (κ1) is 18.4. The second kappa shape index (κ2) is 8.79. The molecule has 3 rings (SSSR count). The van der Waals surface area contributed by atoms with Gasteiger partial charge in [-0.2, -0.15) is 0 Å². The molecule has 1 aromatic rings. The molecule has 2 aliphatic rings. The number of aliphatic hydroxyl groups is 1. The number of aliphatic hydroxyl groups excluding tert-OH is 1. The number of piperazine rings is 1. The molecule has 1 aliphatic heterocycles. The topological polar surface area (TPSA) is 55.8 Å². The molecular formula is C20H31N3O2. The summed E-state index contributed by atoms with van der Waals surface area (Å²) in [5, 5.41) is 13.3. The highest BCUT2D eigenvalue weighted by Gasteiger charge is 2.31. The van der Waals surface area contributed by atoms with E-state index in [0.29, 0.717) is 12.6 Å². The molecule has 25 heavy (non-hydrogen) atoms. The molecule has 1 heterocycles. The normalized spacial score (nSPS) is 25.7. The summed E-state index contributed by atoms with van der Waals surface area (Å²) >= 11 is 0. The molecule has 2 atom stereocenters. The molecule has 1 saturated carbocycles. The summed E-state index contributed by atoms with van der Waals surface area (Å²) in [5.74, 6) is 0.0621. The van der Waals surface area contributed by atoms with Gasteiger partial charge in [-0.15, -0.1) is 0 Å². The minimum atomic E-state index is -0.172. The van der Waals surface area contributed by atoms with Crippen LogP contribution in [0.2, 0.25) is 0 Å². The number of carbonyl (C=O) groups is 1. The minimum absolute atomic E-state index is 0.0621. The van der Waals surface area contributed by atoms with Crippen LogP contribution >= 0.6 is 0 Å². The predicted molar refractivity (Wildman–Crippen MR) is 101 cm³/mol. The van der Waals surface area contributed by atoms with Gasteiger partial charge < -0.3 is 10.4 Å². The maximum absolute atomic E-state index is 12.4. The van der Waals surface area contributed by atoms with Crippen molar-refractivity contribution in [3.63, 3.8) is 0 Å². The molecule has 1 amide bonds. The van der Waals surface area contributed by atoms with Crippen molar-refractivity contribution in [1.82, 2.24) is 9.80 Å². The zero-order valence-corrected chi connectivity index (χ0v) is 15.3. The number of anilines is 1. The molecule has 1 aromatic carbocycles. The van der Waals surface area contributed by atoms with E-state index in [-0.39, 0.29) is 12.0 Å². The number of hydrogen-bond donors (Lipinski definition) is 2. The van der Waals surface area contributed by atoms with Crippen LogP contribution in [0.5, 0.6) is 0 Å². The van der Waals surface area contributed by atoms with Gasteiger partial charge in [-0.25, -0.2) is 0 Å². The molecular weight excluding hydrogens is 314 g/mol. The Bertz CT molecular complexity index is 570. The molecule has 5 heteroatoms. The van der Waals surface area contributed by atoms with E-state index in [1.807, 2.05) is 18.2 Å². The number of nitrogens with one attached hydrogen (secondary N) is 1. The van der Waals surface area contributed by atoms with Gasteiger partial charge in [0.1, 0.15) is 0 Å². The lowest BCUT2D eigenvalue weighted by atomic mass is 9.91. The Hall–Kier alpha value is -1.43. The standard InChI is InChI=1S/C20H31N3O2/c1-2-16-7-3-4-8-17(16)21-20(25)15-22-11-13-23(14-12-22)18-9-5-6-10-19(18)24/h3-4,7-8,18-19,24H,2,5-6,9-15H2,1H3,(H,21,25). The maximum atomic E-state index is 12.4. The number of aryl methyl sites for hydroxylation is 1. The van der Waals surface area contributed by atoms with E-state index in [0.717, 1.165) is 57.5 Å². The fourth-order valence-electron chi connectivity index (χ4n) is 4.11. The van der Waals surface area contributed by atoms with Crippen molar-refractivity contribution in [2.75, 3.05) is 38.0 Å². The van der Waals surface area contributed by atoms with E-state index >= 15 is 0 Å². The van der Waals surface area contributed by atoms with Crippen LogP contribution in [0.4, 0.5) is 5.69 Å². The Labute approximate surface area is 151 Å². The van der Waals surface area contributed by atoms with Crippen LogP contribution in [0.3, 0.4) is 0 Å². The van der Waals surface area contributed by atoms with Crippen LogP contribution in [0.15, 0.2) is 24.3 Å². The van der Waals surface area contributed by atoms with E-state index in [4.69, 9.17) is 0 Å². The van der Waals surface area contributed by atoms with Crippen molar-refractivity contribution >= 4 is 11.6 Å². The maximum Gasteiger partial charge on any atom is 0.238 e. The largest absolute Gasteiger partial charge is 0.391 e. The van der Waals surface area contributed by atoms with Crippen molar-refractivity contribution < 1.29 is 9.90 Å². The third-order valence-corrected chi connectivity index (χ3v) is 5.61. The van der Waals surface area contributed by atoms with Crippen LogP contribution < -0.4 is 5.32 Å². The molecule has 0 bridgehead atoms. The van der Waals surface area contributed by atoms with Crippen LogP contribution in [-0.4, -0.2) is 65.7 Å². The van der Waals surface area contributed by atoms with Gasteiger partial charge in [0, 0.05) is 37.9 Å². The molecule has 1 saturated heterocycles. The van der Waals surface area contributed by atoms with E-state index in [1.165, 1.54) is 12.0 Å². The number of para-hydroxylation sites is 1. The highest BCUT2D eigenvalue weighted by molar-refractivity contribution is 5.93. The summed E-state index contributed by atoms with van der Waals surface area (Å²) in [6.07, 6.45) is 5.16. The van der Waals surface area contributed by atoms with Gasteiger partial charge >= 0.3 is 0 Å². The summed E-state index contributed by atoms with van der Waals surface area (Å²) < 4.78 is 0. The van der Waals surface area contributed by atoms with Crippen LogP contribution in [0, 0.1) is 0 Å². The third kappa shape index (κ3) is 4.81. The van der Waals surface area contributed by atoms with Gasteiger partial charge in [0.25, 0.3) is 0 Å². The van der Waals surface area contributed by atoms with Crippen LogP contribution in [0.1, 0.15) is 38.2 Å². The number of nitrogens with zero attached hydrogens (tertiary/aromatic N) is 2. The highest BCUT2D eigenvalue weighted by atomic mass is 16.3. The average Bonchev–Trinajstić information content (AvgIpc) is 2.63. The lowest BCUT2D eigenvalue weighted by Gasteiger charge is -2.42. The molecule has 1 aliphatic carbocycles. The summed E-state index contributed by atoms with van der Waals surface area (Å²) in [4.78, 5) is 17.0. The number of rotatable bonds is 5. The Morgan fingerprint density at radius 3 is 2.60 bits per heavy atom. The van der Waals surface area contributed by atoms with E-state index in [1.54, 1.807) is 0 Å². The summed E-state index contributed by atoms with van der Waals surface area (Å²) in [6, 6.07) is 8.32. The van der Waals surface area contributed by atoms with Crippen molar-refractivity contribution in [3.05, 3.63) is 29.8 Å². The Morgan fingerprint density at radius 1 is 1.16 bits per heavy atom. The highest BCUT2D eigenvalue weighted by Crippen LogP contribution is 2.24. The smallest absolute Gasteiger partial charge is 0.238 e. The van der Waals surface area contributed by atoms with Crippen molar-refractivity contribution in [1.29, 1.82) is 0 Å². The molecule has 0 radical (unpaired) electrons. The minimum Gasteiger partial charge on any atom is -0.391 e. The third-order valence-electron chi connectivity index (χ3n) is 5.61. The van der Waals surface area contributed by atoms with Crippen molar-refractivity contribution in [2.24, 2.45) is 0 Å². The van der Waals surface area contributed by atoms with Crippen LogP contribution in [-0.2, 0) is 11.2 Å². The Balaban J connectivity index is 1.46. The second-order valence-electron chi connectivity index (χ2n) is 7.29.